The van der Waals surface area contributed by atoms with Crippen molar-refractivity contribution in [3.05, 3.63) is 51.4 Å². The Hall–Kier alpha value is -2.25. The maximum atomic E-state index is 12.4. The van der Waals surface area contributed by atoms with Crippen LogP contribution in [0.15, 0.2) is 24.3 Å². The first kappa shape index (κ1) is 19.5. The lowest BCUT2D eigenvalue weighted by Crippen LogP contribution is -2.34. The summed E-state index contributed by atoms with van der Waals surface area (Å²) in [5, 5.41) is 6.45. The number of amides is 2. The number of thiophene rings is 1. The molecule has 0 saturated heterocycles. The number of hydrogen-bond donors (Lipinski definition) is 3. The van der Waals surface area contributed by atoms with E-state index >= 15 is 0 Å². The molecule has 5 nitrogen and oxygen atoms in total. The lowest BCUT2D eigenvalue weighted by molar-refractivity contribution is 0.0975. The Morgan fingerprint density at radius 2 is 1.81 bits per heavy atom. The summed E-state index contributed by atoms with van der Waals surface area (Å²) in [5.74, 6) is -0.345. The van der Waals surface area contributed by atoms with Gasteiger partial charge in [-0.15, -0.1) is 11.3 Å². The van der Waals surface area contributed by atoms with Crippen molar-refractivity contribution < 1.29 is 9.59 Å². The van der Waals surface area contributed by atoms with E-state index in [1.165, 1.54) is 21.8 Å². The van der Waals surface area contributed by atoms with Gasteiger partial charge >= 0.3 is 0 Å². The van der Waals surface area contributed by atoms with Gasteiger partial charge in [0.2, 0.25) is 0 Å². The van der Waals surface area contributed by atoms with Crippen LogP contribution < -0.4 is 16.4 Å². The van der Waals surface area contributed by atoms with Crippen LogP contribution in [0.4, 0.5) is 5.00 Å². The number of carbonyl (C=O) groups excluding carboxylic acids is 2. The smallest absolute Gasteiger partial charge is 0.257 e. The van der Waals surface area contributed by atoms with E-state index in [4.69, 9.17) is 18.0 Å². The van der Waals surface area contributed by atoms with Gasteiger partial charge in [-0.05, 0) is 67.1 Å². The summed E-state index contributed by atoms with van der Waals surface area (Å²) in [6.07, 6.45) is 3.96. The first-order valence-corrected chi connectivity index (χ1v) is 10.3. The molecule has 142 valence electrons. The van der Waals surface area contributed by atoms with Crippen molar-refractivity contribution in [1.29, 1.82) is 0 Å². The quantitative estimate of drug-likeness (QED) is 0.677. The SMILES string of the molecule is CC(C)c1ccc(C(=O)NC(=S)Nc2sc3c(c2C(N)=O)CCCC3)cc1. The van der Waals surface area contributed by atoms with Gasteiger partial charge in [-0.25, -0.2) is 0 Å². The molecule has 4 N–H and O–H groups in total. The molecule has 0 atom stereocenters. The standard InChI is InChI=1S/C20H23N3O2S2/c1-11(2)12-7-9-13(10-8-12)18(25)22-20(26)23-19-16(17(21)24)14-5-3-4-6-15(14)27-19/h7-11H,3-6H2,1-2H3,(H2,21,24)(H2,22,23,25,26). The third kappa shape index (κ3) is 4.36. The van der Waals surface area contributed by atoms with E-state index in [0.717, 1.165) is 31.2 Å². The molecule has 0 spiro atoms. The van der Waals surface area contributed by atoms with E-state index < -0.39 is 5.91 Å². The van der Waals surface area contributed by atoms with Crippen LogP contribution in [0.25, 0.3) is 0 Å². The number of aryl methyl sites for hydroxylation is 1. The summed E-state index contributed by atoms with van der Waals surface area (Å²) < 4.78 is 0. The molecule has 1 aliphatic carbocycles. The molecule has 0 bridgehead atoms. The lowest BCUT2D eigenvalue weighted by atomic mass is 9.95. The van der Waals surface area contributed by atoms with Gasteiger partial charge in [0.05, 0.1) is 5.56 Å². The first-order chi connectivity index (χ1) is 12.9. The van der Waals surface area contributed by atoms with Crippen LogP contribution in [0.3, 0.4) is 0 Å². The van der Waals surface area contributed by atoms with Crippen molar-refractivity contribution in [3.63, 3.8) is 0 Å². The zero-order chi connectivity index (χ0) is 19.6. The van der Waals surface area contributed by atoms with E-state index in [2.05, 4.69) is 24.5 Å². The Labute approximate surface area is 168 Å². The molecule has 1 heterocycles. The molecule has 3 rings (SSSR count). The zero-order valence-electron chi connectivity index (χ0n) is 15.4. The van der Waals surface area contributed by atoms with E-state index in [-0.39, 0.29) is 11.0 Å². The van der Waals surface area contributed by atoms with E-state index in [0.29, 0.717) is 22.0 Å². The number of fused-ring (bicyclic) bond motifs is 1. The number of nitrogens with one attached hydrogen (secondary N) is 2. The van der Waals surface area contributed by atoms with Crippen LogP contribution in [0, 0.1) is 0 Å². The molecule has 2 amide bonds. The fourth-order valence-electron chi connectivity index (χ4n) is 3.24. The fraction of sp³-hybridized carbons (Fsp3) is 0.350. The molecular formula is C20H23N3O2S2. The Balaban J connectivity index is 1.71. The summed E-state index contributed by atoms with van der Waals surface area (Å²) in [7, 11) is 0. The third-order valence-electron chi connectivity index (χ3n) is 4.71. The van der Waals surface area contributed by atoms with E-state index in [1.54, 1.807) is 12.1 Å². The largest absolute Gasteiger partial charge is 0.365 e. The maximum Gasteiger partial charge on any atom is 0.257 e. The second-order valence-corrected chi connectivity index (χ2v) is 8.48. The highest BCUT2D eigenvalue weighted by Crippen LogP contribution is 2.37. The average molecular weight is 402 g/mol. The highest BCUT2D eigenvalue weighted by molar-refractivity contribution is 7.80. The molecule has 1 aromatic carbocycles. The van der Waals surface area contributed by atoms with Gasteiger partial charge < -0.3 is 11.1 Å². The van der Waals surface area contributed by atoms with Gasteiger partial charge in [0.1, 0.15) is 5.00 Å². The molecule has 0 aliphatic heterocycles. The molecule has 1 aromatic heterocycles. The predicted molar refractivity (Wildman–Crippen MR) is 114 cm³/mol. The molecule has 1 aliphatic rings. The van der Waals surface area contributed by atoms with Crippen molar-refractivity contribution >= 4 is 45.5 Å². The number of thiocarbonyl (C=S) groups is 1. The van der Waals surface area contributed by atoms with Crippen molar-refractivity contribution in [2.45, 2.75) is 45.4 Å². The predicted octanol–water partition coefficient (Wildman–Crippen LogP) is 3.98. The minimum absolute atomic E-state index is 0.161. The summed E-state index contributed by atoms with van der Waals surface area (Å²) in [5.41, 5.74) is 8.82. The van der Waals surface area contributed by atoms with Gasteiger partial charge in [0.15, 0.2) is 5.11 Å². The maximum absolute atomic E-state index is 12.4. The highest BCUT2D eigenvalue weighted by Gasteiger charge is 2.24. The van der Waals surface area contributed by atoms with E-state index in [9.17, 15) is 9.59 Å². The van der Waals surface area contributed by atoms with Gasteiger partial charge in [0, 0.05) is 10.4 Å². The molecule has 2 aromatic rings. The molecule has 0 saturated carbocycles. The van der Waals surface area contributed by atoms with Gasteiger partial charge in [-0.2, -0.15) is 0 Å². The van der Waals surface area contributed by atoms with Crippen molar-refractivity contribution in [2.24, 2.45) is 5.73 Å². The van der Waals surface area contributed by atoms with Crippen LogP contribution in [0.1, 0.15) is 69.3 Å². The van der Waals surface area contributed by atoms with E-state index in [1.807, 2.05) is 12.1 Å². The number of benzene rings is 1. The molecule has 7 heteroatoms. The van der Waals surface area contributed by atoms with Crippen molar-refractivity contribution in [2.75, 3.05) is 5.32 Å². The molecular weight excluding hydrogens is 378 g/mol. The molecule has 0 unspecified atom stereocenters. The van der Waals surface area contributed by atoms with Crippen molar-refractivity contribution in [1.82, 2.24) is 5.32 Å². The van der Waals surface area contributed by atoms with Crippen LogP contribution >= 0.6 is 23.6 Å². The molecule has 27 heavy (non-hydrogen) atoms. The number of hydrogen-bond acceptors (Lipinski definition) is 4. The Morgan fingerprint density at radius 1 is 1.15 bits per heavy atom. The Kier molecular flexibility index (Phi) is 5.92. The first-order valence-electron chi connectivity index (χ1n) is 9.03. The minimum Gasteiger partial charge on any atom is -0.365 e. The van der Waals surface area contributed by atoms with Crippen molar-refractivity contribution in [3.8, 4) is 0 Å². The van der Waals surface area contributed by atoms with Gasteiger partial charge in [-0.3, -0.25) is 14.9 Å². The summed E-state index contributed by atoms with van der Waals surface area (Å²) >= 11 is 6.77. The average Bonchev–Trinajstić information content (AvgIpc) is 2.99. The lowest BCUT2D eigenvalue weighted by Gasteiger charge is -2.12. The number of anilines is 1. The number of rotatable bonds is 4. The van der Waals surface area contributed by atoms with Gasteiger partial charge in [-0.1, -0.05) is 26.0 Å². The summed E-state index contributed by atoms with van der Waals surface area (Å²) in [6.45, 7) is 4.20. The molecule has 0 fully saturated rings. The highest BCUT2D eigenvalue weighted by atomic mass is 32.1. The minimum atomic E-state index is -0.463. The third-order valence-corrected chi connectivity index (χ3v) is 6.12. The monoisotopic (exact) mass is 401 g/mol. The molecule has 0 radical (unpaired) electrons. The second-order valence-electron chi connectivity index (χ2n) is 6.96. The number of carbonyl (C=O) groups is 2. The Bertz CT molecular complexity index is 885. The van der Waals surface area contributed by atoms with Crippen LogP contribution in [-0.4, -0.2) is 16.9 Å². The fourth-order valence-corrected chi connectivity index (χ4v) is 4.80. The Morgan fingerprint density at radius 3 is 2.44 bits per heavy atom. The van der Waals surface area contributed by atoms with Gasteiger partial charge in [0.25, 0.3) is 11.8 Å². The number of nitrogens with two attached hydrogens (primary N) is 1. The topological polar surface area (TPSA) is 84.2 Å². The summed E-state index contributed by atoms with van der Waals surface area (Å²) in [6, 6.07) is 7.45. The zero-order valence-corrected chi connectivity index (χ0v) is 17.1. The van der Waals surface area contributed by atoms with Crippen LogP contribution in [-0.2, 0) is 12.8 Å². The van der Waals surface area contributed by atoms with Crippen LogP contribution in [0.5, 0.6) is 0 Å². The number of primary amides is 1. The van der Waals surface area contributed by atoms with Crippen LogP contribution in [0.2, 0.25) is 0 Å². The summed E-state index contributed by atoms with van der Waals surface area (Å²) in [4.78, 5) is 25.5. The second kappa shape index (κ2) is 8.19. The normalized spacial score (nSPS) is 13.1.